The highest BCUT2D eigenvalue weighted by Crippen LogP contribution is 2.60. The predicted molar refractivity (Wildman–Crippen MR) is 160 cm³/mol. The average molecular weight is 535 g/mol. The first-order valence-corrected chi connectivity index (χ1v) is 14.5. The van der Waals surface area contributed by atoms with Crippen LogP contribution in [0.15, 0.2) is 84.9 Å². The van der Waals surface area contributed by atoms with E-state index in [-0.39, 0.29) is 0 Å². The quantitative estimate of drug-likeness (QED) is 0.251. The fourth-order valence-electron chi connectivity index (χ4n) is 5.45. The van der Waals surface area contributed by atoms with Crippen molar-refractivity contribution in [3.63, 3.8) is 0 Å². The fourth-order valence-corrected chi connectivity index (χ4v) is 7.30. The van der Waals surface area contributed by atoms with Crippen LogP contribution in [0.5, 0.6) is 0 Å². The smallest absolute Gasteiger partial charge is 0.124 e. The number of aliphatic hydroxyl groups is 1. The van der Waals surface area contributed by atoms with Crippen LogP contribution in [-0.2, 0) is 5.60 Å². The van der Waals surface area contributed by atoms with Crippen molar-refractivity contribution in [3.05, 3.63) is 117 Å². The SMILES string of the molecule is Cc1sc(-c2ccccc2)nc1C1=C(c2nc(-c3ccccc3)sc2C)[C@@](O)(C(C)(C)C)c2ccccc21. The van der Waals surface area contributed by atoms with E-state index >= 15 is 0 Å². The van der Waals surface area contributed by atoms with Crippen molar-refractivity contribution in [1.29, 1.82) is 0 Å². The first-order chi connectivity index (χ1) is 18.2. The van der Waals surface area contributed by atoms with E-state index in [1.807, 2.05) is 48.5 Å². The number of rotatable bonds is 4. The van der Waals surface area contributed by atoms with E-state index in [9.17, 15) is 5.11 Å². The van der Waals surface area contributed by atoms with Crippen molar-refractivity contribution in [1.82, 2.24) is 9.97 Å². The van der Waals surface area contributed by atoms with Gasteiger partial charge in [0.25, 0.3) is 0 Å². The Morgan fingerprint density at radius 3 is 1.68 bits per heavy atom. The zero-order chi connectivity index (χ0) is 26.7. The average Bonchev–Trinajstić information content (AvgIpc) is 3.57. The molecule has 0 unspecified atom stereocenters. The zero-order valence-corrected chi connectivity index (χ0v) is 23.9. The Morgan fingerprint density at radius 2 is 1.13 bits per heavy atom. The highest BCUT2D eigenvalue weighted by Gasteiger charge is 2.53. The molecule has 0 amide bonds. The van der Waals surface area contributed by atoms with E-state index < -0.39 is 11.0 Å². The predicted octanol–water partition coefficient (Wildman–Crippen LogP) is 8.76. The summed E-state index contributed by atoms with van der Waals surface area (Å²) in [6.07, 6.45) is 0. The third-order valence-corrected chi connectivity index (χ3v) is 9.43. The van der Waals surface area contributed by atoms with Crippen molar-refractivity contribution < 1.29 is 5.11 Å². The molecule has 0 bridgehead atoms. The molecule has 1 atom stereocenters. The molecule has 0 fully saturated rings. The summed E-state index contributed by atoms with van der Waals surface area (Å²) < 4.78 is 0. The largest absolute Gasteiger partial charge is 0.380 e. The molecular weight excluding hydrogens is 505 g/mol. The molecule has 0 saturated heterocycles. The van der Waals surface area contributed by atoms with Gasteiger partial charge in [0.2, 0.25) is 0 Å². The van der Waals surface area contributed by atoms with Gasteiger partial charge in [-0.05, 0) is 30.4 Å². The highest BCUT2D eigenvalue weighted by molar-refractivity contribution is 7.15. The molecule has 0 radical (unpaired) electrons. The molecule has 0 spiro atoms. The topological polar surface area (TPSA) is 46.0 Å². The Bertz CT molecular complexity index is 1670. The number of thiazole rings is 2. The third-order valence-electron chi connectivity index (χ3n) is 7.39. The van der Waals surface area contributed by atoms with Gasteiger partial charge in [0, 0.05) is 32.0 Å². The second-order valence-electron chi connectivity index (χ2n) is 10.8. The van der Waals surface area contributed by atoms with Crippen LogP contribution in [0.25, 0.3) is 32.3 Å². The van der Waals surface area contributed by atoms with Gasteiger partial charge in [-0.1, -0.05) is 106 Å². The molecule has 1 aliphatic rings. The summed E-state index contributed by atoms with van der Waals surface area (Å²) in [7, 11) is 0. The second kappa shape index (κ2) is 9.12. The Balaban J connectivity index is 1.67. The summed E-state index contributed by atoms with van der Waals surface area (Å²) in [6.45, 7) is 10.6. The lowest BCUT2D eigenvalue weighted by Crippen LogP contribution is -2.40. The standard InChI is InChI=1S/C33H30N2OS2/c1-20-28(34-30(37-20)22-14-8-6-9-15-22)26-24-18-12-13-19-25(24)33(36,32(3,4)5)27(26)29-21(2)38-31(35-29)23-16-10-7-11-17-23/h6-19,36H,1-5H3/t33-/m1/s1. The van der Waals surface area contributed by atoms with E-state index in [0.29, 0.717) is 0 Å². The maximum Gasteiger partial charge on any atom is 0.124 e. The molecule has 5 aromatic rings. The van der Waals surface area contributed by atoms with E-state index in [2.05, 4.69) is 71.0 Å². The molecule has 38 heavy (non-hydrogen) atoms. The van der Waals surface area contributed by atoms with Crippen LogP contribution < -0.4 is 0 Å². The normalized spacial score (nSPS) is 17.2. The van der Waals surface area contributed by atoms with Crippen molar-refractivity contribution in [2.24, 2.45) is 5.41 Å². The van der Waals surface area contributed by atoms with Crippen LogP contribution in [-0.4, -0.2) is 15.1 Å². The van der Waals surface area contributed by atoms with Crippen molar-refractivity contribution in [2.45, 2.75) is 40.2 Å². The number of aryl methyl sites for hydroxylation is 2. The van der Waals surface area contributed by atoms with Gasteiger partial charge < -0.3 is 5.11 Å². The summed E-state index contributed by atoms with van der Waals surface area (Å²) in [5, 5.41) is 14.8. The Kier molecular flexibility index (Phi) is 5.98. The number of hydrogen-bond donors (Lipinski definition) is 1. The fraction of sp³-hybridized carbons (Fsp3) is 0.212. The van der Waals surface area contributed by atoms with Gasteiger partial charge in [-0.15, -0.1) is 22.7 Å². The van der Waals surface area contributed by atoms with Crippen LogP contribution in [0.1, 0.15) is 53.0 Å². The zero-order valence-electron chi connectivity index (χ0n) is 22.2. The van der Waals surface area contributed by atoms with E-state index in [4.69, 9.17) is 9.97 Å². The second-order valence-corrected chi connectivity index (χ2v) is 13.2. The van der Waals surface area contributed by atoms with Crippen LogP contribution in [0, 0.1) is 19.3 Å². The molecule has 3 aromatic carbocycles. The van der Waals surface area contributed by atoms with Crippen molar-refractivity contribution >= 4 is 33.8 Å². The highest BCUT2D eigenvalue weighted by atomic mass is 32.1. The van der Waals surface area contributed by atoms with Crippen molar-refractivity contribution in [3.8, 4) is 21.1 Å². The Labute approximate surface area is 232 Å². The molecule has 3 nitrogen and oxygen atoms in total. The van der Waals surface area contributed by atoms with E-state index in [1.54, 1.807) is 22.7 Å². The number of benzene rings is 3. The minimum Gasteiger partial charge on any atom is -0.380 e. The molecule has 190 valence electrons. The molecule has 5 heteroatoms. The van der Waals surface area contributed by atoms with Gasteiger partial charge in [-0.25, -0.2) is 9.97 Å². The lowest BCUT2D eigenvalue weighted by atomic mass is 9.69. The van der Waals surface area contributed by atoms with Crippen LogP contribution in [0.4, 0.5) is 0 Å². The van der Waals surface area contributed by atoms with Gasteiger partial charge in [0.15, 0.2) is 0 Å². The number of hydrogen-bond acceptors (Lipinski definition) is 5. The third kappa shape index (κ3) is 3.80. The first kappa shape index (κ1) is 24.9. The molecule has 0 aliphatic heterocycles. The summed E-state index contributed by atoms with van der Waals surface area (Å²) in [6, 6.07) is 28.8. The number of nitrogens with zero attached hydrogens (tertiary/aromatic N) is 2. The maximum absolute atomic E-state index is 12.8. The minimum atomic E-state index is -1.24. The molecule has 6 rings (SSSR count). The minimum absolute atomic E-state index is 0.491. The summed E-state index contributed by atoms with van der Waals surface area (Å²) >= 11 is 3.37. The van der Waals surface area contributed by atoms with Gasteiger partial charge >= 0.3 is 0 Å². The lowest BCUT2D eigenvalue weighted by molar-refractivity contribution is -0.00626. The number of aromatic nitrogens is 2. The van der Waals surface area contributed by atoms with E-state index in [1.165, 1.54) is 0 Å². The molecule has 1 aliphatic carbocycles. The Hall–Kier alpha value is -3.38. The summed E-state index contributed by atoms with van der Waals surface area (Å²) in [5.41, 5.74) is 6.02. The molecule has 2 aromatic heterocycles. The van der Waals surface area contributed by atoms with Crippen LogP contribution in [0.2, 0.25) is 0 Å². The Morgan fingerprint density at radius 1 is 0.658 bits per heavy atom. The van der Waals surface area contributed by atoms with Crippen LogP contribution in [0.3, 0.4) is 0 Å². The first-order valence-electron chi connectivity index (χ1n) is 12.8. The number of fused-ring (bicyclic) bond motifs is 1. The van der Waals surface area contributed by atoms with E-state index in [0.717, 1.165) is 64.6 Å². The monoisotopic (exact) mass is 534 g/mol. The summed E-state index contributed by atoms with van der Waals surface area (Å²) in [4.78, 5) is 12.6. The maximum atomic E-state index is 12.8. The molecular formula is C33H30N2OS2. The van der Waals surface area contributed by atoms with Crippen LogP contribution >= 0.6 is 22.7 Å². The molecule has 0 saturated carbocycles. The summed E-state index contributed by atoms with van der Waals surface area (Å²) in [5.74, 6) is 0. The van der Waals surface area contributed by atoms with Gasteiger partial charge in [0.1, 0.15) is 15.6 Å². The van der Waals surface area contributed by atoms with Crippen molar-refractivity contribution in [2.75, 3.05) is 0 Å². The van der Waals surface area contributed by atoms with Gasteiger partial charge in [0.05, 0.1) is 11.4 Å². The lowest BCUT2D eigenvalue weighted by Gasteiger charge is -2.40. The molecule has 1 N–H and O–H groups in total. The van der Waals surface area contributed by atoms with Gasteiger partial charge in [-0.3, -0.25) is 0 Å². The molecule has 2 heterocycles. The van der Waals surface area contributed by atoms with Gasteiger partial charge in [-0.2, -0.15) is 0 Å².